The molecule has 0 aliphatic carbocycles. The number of hydrogen-bond acceptors (Lipinski definition) is 3. The number of benzene rings is 1. The van der Waals surface area contributed by atoms with Gasteiger partial charge in [-0.2, -0.15) is 5.48 Å². The van der Waals surface area contributed by atoms with Gasteiger partial charge in [0.05, 0.1) is 19.4 Å². The molecule has 0 unspecified atom stereocenters. The van der Waals surface area contributed by atoms with Crippen LogP contribution in [0.3, 0.4) is 0 Å². The van der Waals surface area contributed by atoms with Crippen LogP contribution in [0.5, 0.6) is 0 Å². The van der Waals surface area contributed by atoms with Crippen LogP contribution in [0.4, 0.5) is 0 Å². The molecule has 0 aliphatic rings. The van der Waals surface area contributed by atoms with Gasteiger partial charge in [-0.05, 0) is 24.1 Å². The standard InChI is InChI=1S/C13H15NO2/c1-11-7-8-15-13(11)9-14-16-10-12-5-3-2-4-6-12/h2-8,14H,9-10H2,1H3. The molecule has 1 aromatic carbocycles. The van der Waals surface area contributed by atoms with Crippen LogP contribution in [0.1, 0.15) is 16.9 Å². The molecular formula is C13H15NO2. The fourth-order valence-corrected chi connectivity index (χ4v) is 1.41. The van der Waals surface area contributed by atoms with E-state index in [1.807, 2.05) is 43.3 Å². The first-order valence-corrected chi connectivity index (χ1v) is 5.28. The minimum absolute atomic E-state index is 0.556. The van der Waals surface area contributed by atoms with Gasteiger partial charge >= 0.3 is 0 Å². The maximum Gasteiger partial charge on any atom is 0.122 e. The molecule has 2 rings (SSSR count). The third-order valence-corrected chi connectivity index (χ3v) is 2.38. The zero-order chi connectivity index (χ0) is 11.2. The summed E-state index contributed by atoms with van der Waals surface area (Å²) in [5.74, 6) is 0.910. The Morgan fingerprint density at radius 2 is 2.00 bits per heavy atom. The highest BCUT2D eigenvalue weighted by atomic mass is 16.6. The Kier molecular flexibility index (Phi) is 3.75. The van der Waals surface area contributed by atoms with Gasteiger partial charge in [0.2, 0.25) is 0 Å². The van der Waals surface area contributed by atoms with Gasteiger partial charge in [0.25, 0.3) is 0 Å². The molecule has 3 heteroatoms. The van der Waals surface area contributed by atoms with Gasteiger partial charge in [0.15, 0.2) is 0 Å². The normalized spacial score (nSPS) is 10.6. The highest BCUT2D eigenvalue weighted by molar-refractivity contribution is 5.14. The van der Waals surface area contributed by atoms with Crippen LogP contribution in [0.25, 0.3) is 0 Å². The first-order chi connectivity index (χ1) is 7.86. The van der Waals surface area contributed by atoms with Gasteiger partial charge in [-0.1, -0.05) is 30.3 Å². The Labute approximate surface area is 95.0 Å². The Balaban J connectivity index is 1.72. The molecule has 0 bridgehead atoms. The number of nitrogens with one attached hydrogen (secondary N) is 1. The molecule has 0 fully saturated rings. The summed E-state index contributed by atoms with van der Waals surface area (Å²) in [7, 11) is 0. The van der Waals surface area contributed by atoms with E-state index in [0.717, 1.165) is 16.9 Å². The van der Waals surface area contributed by atoms with Crippen molar-refractivity contribution in [2.75, 3.05) is 0 Å². The number of hydroxylamine groups is 1. The van der Waals surface area contributed by atoms with E-state index in [1.54, 1.807) is 6.26 Å². The van der Waals surface area contributed by atoms with Crippen molar-refractivity contribution in [1.29, 1.82) is 0 Å². The van der Waals surface area contributed by atoms with Crippen LogP contribution in [0.15, 0.2) is 47.1 Å². The number of rotatable bonds is 5. The molecule has 0 spiro atoms. The molecule has 1 N–H and O–H groups in total. The zero-order valence-electron chi connectivity index (χ0n) is 9.27. The van der Waals surface area contributed by atoms with Crippen LogP contribution >= 0.6 is 0 Å². The minimum Gasteiger partial charge on any atom is -0.468 e. The SMILES string of the molecule is Cc1ccoc1CNOCc1ccccc1. The molecule has 0 amide bonds. The molecule has 3 nitrogen and oxygen atoms in total. The van der Waals surface area contributed by atoms with Gasteiger partial charge in [0.1, 0.15) is 5.76 Å². The van der Waals surface area contributed by atoms with Crippen molar-refractivity contribution >= 4 is 0 Å². The average molecular weight is 217 g/mol. The highest BCUT2D eigenvalue weighted by Gasteiger charge is 2.00. The van der Waals surface area contributed by atoms with Crippen molar-refractivity contribution in [3.05, 3.63) is 59.5 Å². The topological polar surface area (TPSA) is 34.4 Å². The van der Waals surface area contributed by atoms with E-state index in [4.69, 9.17) is 9.25 Å². The van der Waals surface area contributed by atoms with Crippen molar-refractivity contribution in [3.63, 3.8) is 0 Å². The van der Waals surface area contributed by atoms with Gasteiger partial charge in [0, 0.05) is 0 Å². The fraction of sp³-hybridized carbons (Fsp3) is 0.231. The summed E-state index contributed by atoms with van der Waals surface area (Å²) < 4.78 is 5.27. The second kappa shape index (κ2) is 5.49. The van der Waals surface area contributed by atoms with Crippen LogP contribution in [-0.2, 0) is 18.0 Å². The second-order valence-electron chi connectivity index (χ2n) is 3.62. The zero-order valence-corrected chi connectivity index (χ0v) is 9.27. The first-order valence-electron chi connectivity index (χ1n) is 5.28. The molecule has 16 heavy (non-hydrogen) atoms. The van der Waals surface area contributed by atoms with E-state index in [-0.39, 0.29) is 0 Å². The lowest BCUT2D eigenvalue weighted by atomic mass is 10.2. The van der Waals surface area contributed by atoms with Crippen molar-refractivity contribution in [3.8, 4) is 0 Å². The summed E-state index contributed by atoms with van der Waals surface area (Å²) in [6.07, 6.45) is 1.68. The maximum atomic E-state index is 5.34. The molecule has 0 atom stereocenters. The van der Waals surface area contributed by atoms with Gasteiger partial charge in [-0.3, -0.25) is 4.84 Å². The van der Waals surface area contributed by atoms with E-state index in [1.165, 1.54) is 0 Å². The average Bonchev–Trinajstić information content (AvgIpc) is 2.72. The number of aryl methyl sites for hydroxylation is 1. The molecular weight excluding hydrogens is 202 g/mol. The smallest absolute Gasteiger partial charge is 0.122 e. The van der Waals surface area contributed by atoms with Crippen molar-refractivity contribution in [2.24, 2.45) is 0 Å². The summed E-state index contributed by atoms with van der Waals surface area (Å²) in [6, 6.07) is 12.0. The lowest BCUT2D eigenvalue weighted by Crippen LogP contribution is -2.13. The third kappa shape index (κ3) is 2.95. The Morgan fingerprint density at radius 1 is 1.19 bits per heavy atom. The Morgan fingerprint density at radius 3 is 2.69 bits per heavy atom. The van der Waals surface area contributed by atoms with Crippen molar-refractivity contribution in [1.82, 2.24) is 5.48 Å². The van der Waals surface area contributed by atoms with E-state index in [2.05, 4.69) is 5.48 Å². The minimum atomic E-state index is 0.556. The molecule has 0 aliphatic heterocycles. The monoisotopic (exact) mass is 217 g/mol. The van der Waals surface area contributed by atoms with Crippen molar-refractivity contribution in [2.45, 2.75) is 20.1 Å². The van der Waals surface area contributed by atoms with Crippen LogP contribution in [0, 0.1) is 6.92 Å². The molecule has 84 valence electrons. The Bertz CT molecular complexity index is 423. The van der Waals surface area contributed by atoms with E-state index < -0.39 is 0 Å². The predicted molar refractivity (Wildman–Crippen MR) is 61.5 cm³/mol. The summed E-state index contributed by atoms with van der Waals surface area (Å²) in [5.41, 5.74) is 5.16. The lowest BCUT2D eigenvalue weighted by Gasteiger charge is -2.04. The fourth-order valence-electron chi connectivity index (χ4n) is 1.41. The van der Waals surface area contributed by atoms with Crippen molar-refractivity contribution < 1.29 is 9.25 Å². The molecule has 1 aromatic heterocycles. The maximum absolute atomic E-state index is 5.34. The summed E-state index contributed by atoms with van der Waals surface area (Å²) in [5, 5.41) is 0. The third-order valence-electron chi connectivity index (χ3n) is 2.38. The molecule has 0 saturated heterocycles. The van der Waals surface area contributed by atoms with E-state index in [9.17, 15) is 0 Å². The predicted octanol–water partition coefficient (Wildman–Crippen LogP) is 2.81. The van der Waals surface area contributed by atoms with E-state index >= 15 is 0 Å². The van der Waals surface area contributed by atoms with Crippen LogP contribution in [-0.4, -0.2) is 0 Å². The highest BCUT2D eigenvalue weighted by Crippen LogP contribution is 2.08. The largest absolute Gasteiger partial charge is 0.468 e. The summed E-state index contributed by atoms with van der Waals surface area (Å²) >= 11 is 0. The lowest BCUT2D eigenvalue weighted by molar-refractivity contribution is 0.0200. The van der Waals surface area contributed by atoms with Gasteiger partial charge < -0.3 is 4.42 Å². The Hall–Kier alpha value is -1.58. The quantitative estimate of drug-likeness (QED) is 0.617. The van der Waals surface area contributed by atoms with E-state index in [0.29, 0.717) is 13.2 Å². The first kappa shape index (κ1) is 10.9. The molecule has 1 heterocycles. The van der Waals surface area contributed by atoms with Gasteiger partial charge in [-0.25, -0.2) is 0 Å². The van der Waals surface area contributed by atoms with Crippen LogP contribution in [0.2, 0.25) is 0 Å². The summed E-state index contributed by atoms with van der Waals surface area (Å²) in [6.45, 7) is 3.16. The number of furan rings is 1. The number of hydrogen-bond donors (Lipinski definition) is 1. The molecule has 0 saturated carbocycles. The second-order valence-corrected chi connectivity index (χ2v) is 3.62. The van der Waals surface area contributed by atoms with Gasteiger partial charge in [-0.15, -0.1) is 0 Å². The molecule has 0 radical (unpaired) electrons. The van der Waals surface area contributed by atoms with Crippen LogP contribution < -0.4 is 5.48 Å². The summed E-state index contributed by atoms with van der Waals surface area (Å²) in [4.78, 5) is 5.34. The molecule has 2 aromatic rings.